The van der Waals surface area contributed by atoms with Gasteiger partial charge in [0.1, 0.15) is 0 Å². The molecule has 1 fully saturated rings. The summed E-state index contributed by atoms with van der Waals surface area (Å²) in [6.07, 6.45) is 5.57. The van der Waals surface area contributed by atoms with E-state index in [0.29, 0.717) is 12.1 Å². The molecule has 0 spiro atoms. The van der Waals surface area contributed by atoms with Gasteiger partial charge >= 0.3 is 0 Å². The molecule has 0 aliphatic heterocycles. The smallest absolute Gasteiger partial charge is 0.0448 e. The maximum Gasteiger partial charge on any atom is 0.0448 e. The minimum atomic E-state index is 0.452. The second kappa shape index (κ2) is 6.21. The van der Waals surface area contributed by atoms with Gasteiger partial charge in [0.05, 0.1) is 0 Å². The summed E-state index contributed by atoms with van der Waals surface area (Å²) in [6, 6.07) is 9.85. The molecule has 0 radical (unpaired) electrons. The zero-order valence-electron chi connectivity index (χ0n) is 11.3. The van der Waals surface area contributed by atoms with Crippen LogP contribution in [0.25, 0.3) is 0 Å². The van der Waals surface area contributed by atoms with Gasteiger partial charge in [-0.25, -0.2) is 0 Å². The number of thiophene rings is 2. The molecule has 1 saturated carbocycles. The fourth-order valence-electron chi connectivity index (χ4n) is 3.10. The Morgan fingerprint density at radius 3 is 2.26 bits per heavy atom. The Balaban J connectivity index is 1.75. The van der Waals surface area contributed by atoms with Gasteiger partial charge < -0.3 is 5.32 Å². The summed E-state index contributed by atoms with van der Waals surface area (Å²) in [7, 11) is 0. The zero-order chi connectivity index (χ0) is 13.1. The van der Waals surface area contributed by atoms with Crippen LogP contribution in [0, 0.1) is 5.92 Å². The van der Waals surface area contributed by atoms with E-state index in [1.807, 2.05) is 22.7 Å². The molecule has 0 saturated heterocycles. The van der Waals surface area contributed by atoms with Crippen LogP contribution in [0.3, 0.4) is 0 Å². The summed E-state index contributed by atoms with van der Waals surface area (Å²) >= 11 is 3.75. The van der Waals surface area contributed by atoms with E-state index in [0.717, 1.165) is 5.92 Å². The second-order valence-electron chi connectivity index (χ2n) is 5.44. The van der Waals surface area contributed by atoms with Crippen molar-refractivity contribution in [1.82, 2.24) is 5.32 Å². The quantitative estimate of drug-likeness (QED) is 0.778. The Morgan fingerprint density at radius 2 is 1.68 bits per heavy atom. The largest absolute Gasteiger partial charge is 0.302 e. The van der Waals surface area contributed by atoms with Crippen molar-refractivity contribution < 1.29 is 0 Å². The summed E-state index contributed by atoms with van der Waals surface area (Å²) in [5.74, 6) is 0.820. The summed E-state index contributed by atoms with van der Waals surface area (Å²) in [5, 5.41) is 8.26. The van der Waals surface area contributed by atoms with E-state index < -0.39 is 0 Å². The lowest BCUT2D eigenvalue weighted by Gasteiger charge is -2.27. The Labute approximate surface area is 123 Å². The van der Waals surface area contributed by atoms with Crippen LogP contribution >= 0.6 is 22.7 Å². The van der Waals surface area contributed by atoms with E-state index in [1.165, 1.54) is 35.4 Å². The van der Waals surface area contributed by atoms with E-state index in [4.69, 9.17) is 0 Å². The Hall–Kier alpha value is -0.640. The van der Waals surface area contributed by atoms with E-state index >= 15 is 0 Å². The van der Waals surface area contributed by atoms with Crippen LogP contribution in [-0.2, 0) is 0 Å². The molecule has 2 atom stereocenters. The number of hydrogen-bond acceptors (Lipinski definition) is 3. The molecule has 0 bridgehead atoms. The molecule has 2 unspecified atom stereocenters. The number of nitrogens with one attached hydrogen (secondary N) is 1. The second-order valence-corrected chi connectivity index (χ2v) is 7.40. The molecule has 3 heteroatoms. The SMILES string of the molecule is CC(NC(c1cccs1)C1CCCC1)c1cccs1. The molecule has 0 amide bonds. The predicted octanol–water partition coefficient (Wildman–Crippen LogP) is 5.39. The van der Waals surface area contributed by atoms with Crippen molar-refractivity contribution in [2.24, 2.45) is 5.92 Å². The normalized spacial score (nSPS) is 19.6. The molecular formula is C16H21NS2. The van der Waals surface area contributed by atoms with Crippen LogP contribution in [0.5, 0.6) is 0 Å². The van der Waals surface area contributed by atoms with Gasteiger partial charge in [0.2, 0.25) is 0 Å². The molecular weight excluding hydrogens is 270 g/mol. The van der Waals surface area contributed by atoms with Gasteiger partial charge in [-0.2, -0.15) is 0 Å². The fraction of sp³-hybridized carbons (Fsp3) is 0.500. The highest BCUT2D eigenvalue weighted by atomic mass is 32.1. The maximum atomic E-state index is 3.88. The molecule has 0 aromatic carbocycles. The van der Waals surface area contributed by atoms with Crippen molar-refractivity contribution in [1.29, 1.82) is 0 Å². The van der Waals surface area contributed by atoms with Crippen LogP contribution in [0.1, 0.15) is 54.4 Å². The van der Waals surface area contributed by atoms with Crippen molar-refractivity contribution in [3.05, 3.63) is 44.8 Å². The highest BCUT2D eigenvalue weighted by Crippen LogP contribution is 2.38. The topological polar surface area (TPSA) is 12.0 Å². The lowest BCUT2D eigenvalue weighted by molar-refractivity contribution is 0.345. The number of rotatable bonds is 5. The molecule has 2 aromatic rings. The summed E-state index contributed by atoms with van der Waals surface area (Å²) in [5.41, 5.74) is 0. The highest BCUT2D eigenvalue weighted by Gasteiger charge is 2.28. The lowest BCUT2D eigenvalue weighted by Crippen LogP contribution is -2.28. The third-order valence-corrected chi connectivity index (χ3v) is 6.13. The van der Waals surface area contributed by atoms with Crippen molar-refractivity contribution in [2.75, 3.05) is 0 Å². The van der Waals surface area contributed by atoms with Crippen LogP contribution in [0.4, 0.5) is 0 Å². The van der Waals surface area contributed by atoms with Crippen molar-refractivity contribution in [2.45, 2.75) is 44.7 Å². The van der Waals surface area contributed by atoms with Crippen LogP contribution in [-0.4, -0.2) is 0 Å². The van der Waals surface area contributed by atoms with Crippen molar-refractivity contribution in [3.63, 3.8) is 0 Å². The van der Waals surface area contributed by atoms with Crippen LogP contribution < -0.4 is 5.32 Å². The van der Waals surface area contributed by atoms with Gasteiger partial charge in [0.15, 0.2) is 0 Å². The van der Waals surface area contributed by atoms with Crippen LogP contribution in [0.15, 0.2) is 35.0 Å². The average Bonchev–Trinajstić information content (AvgIpc) is 3.17. The first-order valence-electron chi connectivity index (χ1n) is 7.17. The first kappa shape index (κ1) is 13.3. The first-order chi connectivity index (χ1) is 9.34. The fourth-order valence-corrected chi connectivity index (χ4v) is 4.72. The summed E-state index contributed by atoms with van der Waals surface area (Å²) < 4.78 is 0. The van der Waals surface area contributed by atoms with Gasteiger partial charge in [0, 0.05) is 21.8 Å². The van der Waals surface area contributed by atoms with Gasteiger partial charge in [-0.05, 0) is 48.6 Å². The Kier molecular flexibility index (Phi) is 4.36. The molecule has 2 aromatic heterocycles. The van der Waals surface area contributed by atoms with E-state index in [1.54, 1.807) is 0 Å². The molecule has 102 valence electrons. The first-order valence-corrected chi connectivity index (χ1v) is 8.93. The third kappa shape index (κ3) is 3.10. The Bertz CT molecular complexity index is 469. The molecule has 2 heterocycles. The standard InChI is InChI=1S/C16H21NS2/c1-12(14-8-4-10-18-14)17-16(13-6-2-3-7-13)15-9-5-11-19-15/h4-5,8-13,16-17H,2-3,6-7H2,1H3. The molecule has 19 heavy (non-hydrogen) atoms. The summed E-state index contributed by atoms with van der Waals surface area (Å²) in [6.45, 7) is 2.29. The van der Waals surface area contributed by atoms with E-state index in [2.05, 4.69) is 47.3 Å². The van der Waals surface area contributed by atoms with Gasteiger partial charge in [-0.15, -0.1) is 22.7 Å². The zero-order valence-corrected chi connectivity index (χ0v) is 13.0. The third-order valence-electron chi connectivity index (χ3n) is 4.12. The van der Waals surface area contributed by atoms with Crippen LogP contribution in [0.2, 0.25) is 0 Å². The molecule has 1 aliphatic carbocycles. The monoisotopic (exact) mass is 291 g/mol. The number of hydrogen-bond donors (Lipinski definition) is 1. The Morgan fingerprint density at radius 1 is 1.05 bits per heavy atom. The van der Waals surface area contributed by atoms with Gasteiger partial charge in [-0.1, -0.05) is 25.0 Å². The molecule has 1 aliphatic rings. The molecule has 3 rings (SSSR count). The minimum absolute atomic E-state index is 0.452. The van der Waals surface area contributed by atoms with Gasteiger partial charge in [-0.3, -0.25) is 0 Å². The van der Waals surface area contributed by atoms with Crippen molar-refractivity contribution >= 4 is 22.7 Å². The molecule has 1 N–H and O–H groups in total. The summed E-state index contributed by atoms with van der Waals surface area (Å²) in [4.78, 5) is 2.95. The van der Waals surface area contributed by atoms with E-state index in [-0.39, 0.29) is 0 Å². The lowest BCUT2D eigenvalue weighted by atomic mass is 9.96. The van der Waals surface area contributed by atoms with Gasteiger partial charge in [0.25, 0.3) is 0 Å². The predicted molar refractivity (Wildman–Crippen MR) is 84.9 cm³/mol. The maximum absolute atomic E-state index is 3.88. The average molecular weight is 291 g/mol. The van der Waals surface area contributed by atoms with E-state index in [9.17, 15) is 0 Å². The molecule has 1 nitrogen and oxygen atoms in total. The van der Waals surface area contributed by atoms with Crippen molar-refractivity contribution in [3.8, 4) is 0 Å². The minimum Gasteiger partial charge on any atom is -0.302 e. The highest BCUT2D eigenvalue weighted by molar-refractivity contribution is 7.10.